The molecule has 1 heterocycles. The van der Waals surface area contributed by atoms with Crippen molar-refractivity contribution in [3.63, 3.8) is 0 Å². The first-order valence-electron chi connectivity index (χ1n) is 3.41. The van der Waals surface area contributed by atoms with Crippen LogP contribution in [0.15, 0.2) is 0 Å². The monoisotopic (exact) mass is 142 g/mol. The maximum atomic E-state index is 10.8. The van der Waals surface area contributed by atoms with Gasteiger partial charge < -0.3 is 4.74 Å². The number of ketones is 1. The summed E-state index contributed by atoms with van der Waals surface area (Å²) in [6, 6.07) is 0. The summed E-state index contributed by atoms with van der Waals surface area (Å²) in [6.45, 7) is 3.62. The fraction of sp³-hybridized carbons (Fsp3) is 0.714. The Kier molecular flexibility index (Phi) is 1.74. The second-order valence-electron chi connectivity index (χ2n) is 2.50. The number of ether oxygens (including phenoxy) is 1. The number of carbonyl (C=O) groups excluding carboxylic acids is 2. The molecule has 0 aliphatic carbocycles. The van der Waals surface area contributed by atoms with E-state index >= 15 is 0 Å². The molecule has 0 aromatic carbocycles. The minimum atomic E-state index is -0.667. The van der Waals surface area contributed by atoms with E-state index in [1.54, 1.807) is 6.92 Å². The second kappa shape index (κ2) is 2.40. The Labute approximate surface area is 59.4 Å². The molecule has 1 fully saturated rings. The van der Waals surface area contributed by atoms with Crippen molar-refractivity contribution in [2.45, 2.75) is 26.4 Å². The number of cyclic esters (lactones) is 1. The Bertz CT molecular complexity index is 174. The molecule has 1 saturated heterocycles. The van der Waals surface area contributed by atoms with Gasteiger partial charge >= 0.3 is 5.97 Å². The molecule has 0 aromatic rings. The number of hydrogen-bond donors (Lipinski definition) is 0. The van der Waals surface area contributed by atoms with Crippen LogP contribution < -0.4 is 0 Å². The molecule has 3 heteroatoms. The SMILES string of the molecule is CC[C@@H]1OC(=O)C(=O)[C@H]1C. The standard InChI is InChI=1S/C7H10O3/c1-3-5-4(2)6(8)7(9)10-5/h4-5H,3H2,1-2H3/t4-,5-/m0/s1. The lowest BCUT2D eigenvalue weighted by Gasteiger charge is -2.07. The predicted molar refractivity (Wildman–Crippen MR) is 34.3 cm³/mol. The number of esters is 1. The van der Waals surface area contributed by atoms with Gasteiger partial charge in [-0.05, 0) is 6.42 Å². The van der Waals surface area contributed by atoms with Gasteiger partial charge in [0, 0.05) is 0 Å². The molecule has 0 spiro atoms. The van der Waals surface area contributed by atoms with Crippen molar-refractivity contribution in [2.75, 3.05) is 0 Å². The first-order chi connectivity index (χ1) is 4.66. The van der Waals surface area contributed by atoms with Gasteiger partial charge in [0.2, 0.25) is 5.78 Å². The Hall–Kier alpha value is -0.860. The molecule has 1 aliphatic rings. The molecule has 0 unspecified atom stereocenters. The Balaban J connectivity index is 2.71. The average Bonchev–Trinajstić information content (AvgIpc) is 2.17. The highest BCUT2D eigenvalue weighted by Gasteiger charge is 2.38. The molecule has 56 valence electrons. The summed E-state index contributed by atoms with van der Waals surface area (Å²) in [5.74, 6) is -1.29. The molecule has 10 heavy (non-hydrogen) atoms. The number of carbonyl (C=O) groups is 2. The fourth-order valence-electron chi connectivity index (χ4n) is 1.09. The van der Waals surface area contributed by atoms with Crippen LogP contribution in [0.4, 0.5) is 0 Å². The van der Waals surface area contributed by atoms with Crippen molar-refractivity contribution in [2.24, 2.45) is 5.92 Å². The van der Waals surface area contributed by atoms with Crippen LogP contribution in [0.1, 0.15) is 20.3 Å². The van der Waals surface area contributed by atoms with Crippen molar-refractivity contribution in [3.05, 3.63) is 0 Å². The van der Waals surface area contributed by atoms with E-state index in [0.717, 1.165) is 6.42 Å². The highest BCUT2D eigenvalue weighted by Crippen LogP contribution is 2.20. The lowest BCUT2D eigenvalue weighted by Crippen LogP contribution is -2.15. The predicted octanol–water partition coefficient (Wildman–Crippen LogP) is 0.527. The van der Waals surface area contributed by atoms with Gasteiger partial charge in [0.25, 0.3) is 0 Å². The van der Waals surface area contributed by atoms with Crippen LogP contribution in [0.25, 0.3) is 0 Å². The summed E-state index contributed by atoms with van der Waals surface area (Å²) < 4.78 is 4.75. The molecule has 0 radical (unpaired) electrons. The van der Waals surface area contributed by atoms with Crippen molar-refractivity contribution in [1.82, 2.24) is 0 Å². The van der Waals surface area contributed by atoms with Crippen LogP contribution >= 0.6 is 0 Å². The molecule has 0 N–H and O–H groups in total. The third kappa shape index (κ3) is 0.916. The summed E-state index contributed by atoms with van der Waals surface area (Å²) in [4.78, 5) is 21.4. The Morgan fingerprint density at radius 1 is 1.50 bits per heavy atom. The lowest BCUT2D eigenvalue weighted by atomic mass is 10.0. The van der Waals surface area contributed by atoms with E-state index in [-0.39, 0.29) is 17.8 Å². The summed E-state index contributed by atoms with van der Waals surface area (Å²) in [5.41, 5.74) is 0. The molecule has 1 aliphatic heterocycles. The maximum absolute atomic E-state index is 10.8. The van der Waals surface area contributed by atoms with Crippen molar-refractivity contribution < 1.29 is 14.3 Å². The zero-order valence-corrected chi connectivity index (χ0v) is 6.09. The van der Waals surface area contributed by atoms with Crippen molar-refractivity contribution in [3.8, 4) is 0 Å². The molecule has 0 saturated carbocycles. The highest BCUT2D eigenvalue weighted by atomic mass is 16.6. The van der Waals surface area contributed by atoms with Crippen LogP contribution in [0, 0.1) is 5.92 Å². The second-order valence-corrected chi connectivity index (χ2v) is 2.50. The van der Waals surface area contributed by atoms with E-state index in [0.29, 0.717) is 0 Å². The smallest absolute Gasteiger partial charge is 0.375 e. The average molecular weight is 142 g/mol. The molecular formula is C7H10O3. The molecular weight excluding hydrogens is 132 g/mol. The Morgan fingerprint density at radius 2 is 2.10 bits per heavy atom. The normalized spacial score (nSPS) is 32.6. The molecule has 0 bridgehead atoms. The summed E-state index contributed by atoms with van der Waals surface area (Å²) in [6.07, 6.45) is 0.540. The van der Waals surface area contributed by atoms with Gasteiger partial charge in [0.15, 0.2) is 0 Å². The van der Waals surface area contributed by atoms with E-state index in [9.17, 15) is 9.59 Å². The zero-order chi connectivity index (χ0) is 7.72. The third-order valence-electron chi connectivity index (χ3n) is 1.83. The molecule has 1 rings (SSSR count). The van der Waals surface area contributed by atoms with E-state index in [1.807, 2.05) is 6.92 Å². The van der Waals surface area contributed by atoms with Crippen molar-refractivity contribution in [1.29, 1.82) is 0 Å². The van der Waals surface area contributed by atoms with E-state index in [4.69, 9.17) is 4.74 Å². The van der Waals surface area contributed by atoms with E-state index in [2.05, 4.69) is 0 Å². The van der Waals surface area contributed by atoms with Gasteiger partial charge in [-0.1, -0.05) is 13.8 Å². The fourth-order valence-corrected chi connectivity index (χ4v) is 1.09. The van der Waals surface area contributed by atoms with Crippen LogP contribution in [-0.2, 0) is 14.3 Å². The van der Waals surface area contributed by atoms with Gasteiger partial charge in [-0.15, -0.1) is 0 Å². The number of Topliss-reactive ketones (excluding diaryl/α,β-unsaturated/α-hetero) is 1. The minimum absolute atomic E-state index is 0.181. The van der Waals surface area contributed by atoms with Gasteiger partial charge in [-0.2, -0.15) is 0 Å². The number of rotatable bonds is 1. The molecule has 0 aromatic heterocycles. The van der Waals surface area contributed by atoms with Gasteiger partial charge in [0.1, 0.15) is 6.10 Å². The zero-order valence-electron chi connectivity index (χ0n) is 6.09. The summed E-state index contributed by atoms with van der Waals surface area (Å²) in [7, 11) is 0. The molecule has 3 nitrogen and oxygen atoms in total. The van der Waals surface area contributed by atoms with E-state index in [1.165, 1.54) is 0 Å². The number of hydrogen-bond acceptors (Lipinski definition) is 3. The summed E-state index contributed by atoms with van der Waals surface area (Å²) >= 11 is 0. The molecule has 2 atom stereocenters. The van der Waals surface area contributed by atoms with Crippen LogP contribution in [0.5, 0.6) is 0 Å². The summed E-state index contributed by atoms with van der Waals surface area (Å²) in [5, 5.41) is 0. The van der Waals surface area contributed by atoms with Crippen LogP contribution in [0.3, 0.4) is 0 Å². The largest absolute Gasteiger partial charge is 0.456 e. The van der Waals surface area contributed by atoms with Gasteiger partial charge in [-0.3, -0.25) is 4.79 Å². The van der Waals surface area contributed by atoms with Gasteiger partial charge in [0.05, 0.1) is 5.92 Å². The molecule has 0 amide bonds. The quantitative estimate of drug-likeness (QED) is 0.396. The van der Waals surface area contributed by atoms with Gasteiger partial charge in [-0.25, -0.2) is 4.79 Å². The van der Waals surface area contributed by atoms with Crippen molar-refractivity contribution >= 4 is 11.8 Å². The minimum Gasteiger partial charge on any atom is -0.456 e. The van der Waals surface area contributed by atoms with E-state index < -0.39 is 5.97 Å². The third-order valence-corrected chi connectivity index (χ3v) is 1.83. The lowest BCUT2D eigenvalue weighted by molar-refractivity contribution is -0.148. The first-order valence-corrected chi connectivity index (χ1v) is 3.41. The maximum Gasteiger partial charge on any atom is 0.375 e. The van der Waals surface area contributed by atoms with Crippen LogP contribution in [0.2, 0.25) is 0 Å². The topological polar surface area (TPSA) is 43.4 Å². The Morgan fingerprint density at radius 3 is 2.30 bits per heavy atom. The van der Waals surface area contributed by atoms with Crippen LogP contribution in [-0.4, -0.2) is 17.9 Å². The first kappa shape index (κ1) is 7.25. The highest BCUT2D eigenvalue weighted by molar-refractivity contribution is 6.36.